The molecule has 1 unspecified atom stereocenters. The van der Waals surface area contributed by atoms with E-state index in [1.807, 2.05) is 25.1 Å². The third kappa shape index (κ3) is 3.69. The third-order valence-electron chi connectivity index (χ3n) is 3.82. The smallest absolute Gasteiger partial charge is 0.223 e. The lowest BCUT2D eigenvalue weighted by molar-refractivity contribution is -0.128. The van der Waals surface area contributed by atoms with E-state index < -0.39 is 5.91 Å². The standard InChI is InChI=1S/C16H22N2O4/c1-3-22-13-5-4-11(8-14(13)21-2)6-7-18-10-12(16(17)20)9-15(18)19/h4-5,8,12H,3,6-7,9-10H2,1-2H3,(H2,17,20). The molecule has 0 spiro atoms. The van der Waals surface area contributed by atoms with Gasteiger partial charge in [-0.05, 0) is 31.0 Å². The minimum Gasteiger partial charge on any atom is -0.493 e. The predicted molar refractivity (Wildman–Crippen MR) is 81.7 cm³/mol. The number of amides is 2. The number of carbonyl (C=O) groups is 2. The zero-order valence-electron chi connectivity index (χ0n) is 13.0. The first-order valence-corrected chi connectivity index (χ1v) is 7.42. The van der Waals surface area contributed by atoms with E-state index in [0.29, 0.717) is 37.6 Å². The fourth-order valence-electron chi connectivity index (χ4n) is 2.59. The molecule has 0 bridgehead atoms. The zero-order chi connectivity index (χ0) is 16.1. The Morgan fingerprint density at radius 2 is 2.18 bits per heavy atom. The van der Waals surface area contributed by atoms with Crippen molar-refractivity contribution in [2.75, 3.05) is 26.8 Å². The number of benzene rings is 1. The molecule has 6 heteroatoms. The second-order valence-electron chi connectivity index (χ2n) is 5.31. The summed E-state index contributed by atoms with van der Waals surface area (Å²) in [5.41, 5.74) is 6.32. The average Bonchev–Trinajstić information content (AvgIpc) is 2.88. The lowest BCUT2D eigenvalue weighted by atomic mass is 10.1. The SMILES string of the molecule is CCOc1ccc(CCN2CC(C(N)=O)CC2=O)cc1OC. The molecule has 1 heterocycles. The molecule has 0 saturated carbocycles. The van der Waals surface area contributed by atoms with Crippen LogP contribution in [-0.2, 0) is 16.0 Å². The van der Waals surface area contributed by atoms with E-state index in [9.17, 15) is 9.59 Å². The average molecular weight is 306 g/mol. The fraction of sp³-hybridized carbons (Fsp3) is 0.500. The van der Waals surface area contributed by atoms with Gasteiger partial charge in [-0.15, -0.1) is 0 Å². The predicted octanol–water partition coefficient (Wildman–Crippen LogP) is 0.970. The Balaban J connectivity index is 1.97. The first-order chi connectivity index (χ1) is 10.5. The van der Waals surface area contributed by atoms with Gasteiger partial charge in [0, 0.05) is 19.5 Å². The van der Waals surface area contributed by atoms with Crippen molar-refractivity contribution >= 4 is 11.8 Å². The van der Waals surface area contributed by atoms with Gasteiger partial charge in [-0.3, -0.25) is 9.59 Å². The highest BCUT2D eigenvalue weighted by molar-refractivity contribution is 5.88. The molecule has 120 valence electrons. The van der Waals surface area contributed by atoms with Crippen molar-refractivity contribution in [3.8, 4) is 11.5 Å². The first kappa shape index (κ1) is 16.1. The topological polar surface area (TPSA) is 81.9 Å². The summed E-state index contributed by atoms with van der Waals surface area (Å²) < 4.78 is 10.8. The Morgan fingerprint density at radius 1 is 1.41 bits per heavy atom. The number of rotatable bonds is 7. The normalized spacial score (nSPS) is 17.6. The molecule has 1 aliphatic rings. The molecule has 2 rings (SSSR count). The molecule has 1 aliphatic heterocycles. The first-order valence-electron chi connectivity index (χ1n) is 7.42. The van der Waals surface area contributed by atoms with Crippen LogP contribution < -0.4 is 15.2 Å². The van der Waals surface area contributed by atoms with Crippen molar-refractivity contribution in [1.29, 1.82) is 0 Å². The highest BCUT2D eigenvalue weighted by atomic mass is 16.5. The quantitative estimate of drug-likeness (QED) is 0.814. The van der Waals surface area contributed by atoms with Crippen molar-refractivity contribution in [2.24, 2.45) is 11.7 Å². The number of nitrogens with two attached hydrogens (primary N) is 1. The Labute approximate surface area is 130 Å². The highest BCUT2D eigenvalue weighted by Gasteiger charge is 2.32. The van der Waals surface area contributed by atoms with Crippen molar-refractivity contribution in [3.63, 3.8) is 0 Å². The van der Waals surface area contributed by atoms with Crippen LogP contribution in [0.15, 0.2) is 18.2 Å². The van der Waals surface area contributed by atoms with Gasteiger partial charge in [-0.1, -0.05) is 6.07 Å². The molecule has 2 amide bonds. The Kier molecular flexibility index (Phi) is 5.25. The molecular formula is C16H22N2O4. The van der Waals surface area contributed by atoms with E-state index in [4.69, 9.17) is 15.2 Å². The molecule has 1 fully saturated rings. The van der Waals surface area contributed by atoms with Crippen LogP contribution in [0.1, 0.15) is 18.9 Å². The number of hydrogen-bond acceptors (Lipinski definition) is 4. The van der Waals surface area contributed by atoms with Gasteiger partial charge in [0.15, 0.2) is 11.5 Å². The van der Waals surface area contributed by atoms with Gasteiger partial charge in [0.25, 0.3) is 0 Å². The van der Waals surface area contributed by atoms with Gasteiger partial charge in [-0.25, -0.2) is 0 Å². The monoisotopic (exact) mass is 306 g/mol. The second-order valence-corrected chi connectivity index (χ2v) is 5.31. The number of methoxy groups -OCH3 is 1. The molecule has 1 aromatic carbocycles. The second kappa shape index (κ2) is 7.15. The molecule has 1 saturated heterocycles. The Morgan fingerprint density at radius 3 is 2.77 bits per heavy atom. The van der Waals surface area contributed by atoms with Crippen molar-refractivity contribution in [2.45, 2.75) is 19.8 Å². The van der Waals surface area contributed by atoms with Gasteiger partial charge in [0.05, 0.1) is 19.6 Å². The van der Waals surface area contributed by atoms with Crippen molar-refractivity contribution < 1.29 is 19.1 Å². The van der Waals surface area contributed by atoms with E-state index in [0.717, 1.165) is 5.56 Å². The van der Waals surface area contributed by atoms with E-state index in [2.05, 4.69) is 0 Å². The lowest BCUT2D eigenvalue weighted by Gasteiger charge is -2.17. The molecule has 22 heavy (non-hydrogen) atoms. The van der Waals surface area contributed by atoms with Crippen LogP contribution in [0.3, 0.4) is 0 Å². The van der Waals surface area contributed by atoms with Crippen LogP contribution in [0.2, 0.25) is 0 Å². The lowest BCUT2D eigenvalue weighted by Crippen LogP contribution is -2.30. The van der Waals surface area contributed by atoms with Crippen LogP contribution in [-0.4, -0.2) is 43.5 Å². The zero-order valence-corrected chi connectivity index (χ0v) is 13.0. The summed E-state index contributed by atoms with van der Waals surface area (Å²) in [5.74, 6) is 0.615. The van der Waals surface area contributed by atoms with Crippen molar-refractivity contribution in [3.05, 3.63) is 23.8 Å². The Hall–Kier alpha value is -2.24. The van der Waals surface area contributed by atoms with Crippen LogP contribution in [0.5, 0.6) is 11.5 Å². The fourth-order valence-corrected chi connectivity index (χ4v) is 2.59. The summed E-state index contributed by atoms with van der Waals surface area (Å²) in [7, 11) is 1.60. The van der Waals surface area contributed by atoms with E-state index in [1.165, 1.54) is 0 Å². The summed E-state index contributed by atoms with van der Waals surface area (Å²) in [5, 5.41) is 0. The highest BCUT2D eigenvalue weighted by Crippen LogP contribution is 2.28. The van der Waals surface area contributed by atoms with E-state index in [1.54, 1.807) is 12.0 Å². The van der Waals surface area contributed by atoms with Gasteiger partial charge in [0.2, 0.25) is 11.8 Å². The molecular weight excluding hydrogens is 284 g/mol. The number of primary amides is 1. The summed E-state index contributed by atoms with van der Waals surface area (Å²) in [6.07, 6.45) is 0.919. The summed E-state index contributed by atoms with van der Waals surface area (Å²) in [4.78, 5) is 24.7. The van der Waals surface area contributed by atoms with Gasteiger partial charge < -0.3 is 20.1 Å². The largest absolute Gasteiger partial charge is 0.493 e. The number of hydrogen-bond donors (Lipinski definition) is 1. The molecule has 6 nitrogen and oxygen atoms in total. The van der Waals surface area contributed by atoms with Crippen LogP contribution in [0.4, 0.5) is 0 Å². The molecule has 1 atom stereocenters. The van der Waals surface area contributed by atoms with Crippen molar-refractivity contribution in [1.82, 2.24) is 4.90 Å². The number of nitrogens with zero attached hydrogens (tertiary/aromatic N) is 1. The third-order valence-corrected chi connectivity index (χ3v) is 3.82. The minimum absolute atomic E-state index is 0.0123. The maximum absolute atomic E-state index is 11.8. The number of carbonyl (C=O) groups excluding carboxylic acids is 2. The van der Waals surface area contributed by atoms with Crippen LogP contribution in [0, 0.1) is 5.92 Å². The van der Waals surface area contributed by atoms with Gasteiger partial charge >= 0.3 is 0 Å². The molecule has 0 aromatic heterocycles. The Bertz CT molecular complexity index is 559. The summed E-state index contributed by atoms with van der Waals surface area (Å²) in [6, 6.07) is 5.74. The molecule has 0 aliphatic carbocycles. The van der Waals surface area contributed by atoms with Gasteiger partial charge in [0.1, 0.15) is 0 Å². The molecule has 1 aromatic rings. The van der Waals surface area contributed by atoms with Crippen LogP contribution in [0.25, 0.3) is 0 Å². The van der Waals surface area contributed by atoms with Gasteiger partial charge in [-0.2, -0.15) is 0 Å². The van der Waals surface area contributed by atoms with E-state index >= 15 is 0 Å². The van der Waals surface area contributed by atoms with Crippen LogP contribution >= 0.6 is 0 Å². The van der Waals surface area contributed by atoms with E-state index in [-0.39, 0.29) is 18.2 Å². The minimum atomic E-state index is -0.404. The molecule has 0 radical (unpaired) electrons. The summed E-state index contributed by atoms with van der Waals surface area (Å²) in [6.45, 7) is 3.48. The maximum atomic E-state index is 11.8. The summed E-state index contributed by atoms with van der Waals surface area (Å²) >= 11 is 0. The maximum Gasteiger partial charge on any atom is 0.223 e. The number of ether oxygens (including phenoxy) is 2. The molecule has 2 N–H and O–H groups in total. The number of likely N-dealkylation sites (tertiary alicyclic amines) is 1.